The highest BCUT2D eigenvalue weighted by molar-refractivity contribution is 6.43. The van der Waals surface area contributed by atoms with Gasteiger partial charge >= 0.3 is 5.97 Å². The number of nitrogens with one attached hydrogen (secondary N) is 2. The Morgan fingerprint density at radius 3 is 2.56 bits per heavy atom. The lowest BCUT2D eigenvalue weighted by Crippen LogP contribution is -2.42. The van der Waals surface area contributed by atoms with Gasteiger partial charge in [-0.05, 0) is 54.7 Å². The van der Waals surface area contributed by atoms with Crippen molar-refractivity contribution in [1.29, 1.82) is 5.26 Å². The maximum Gasteiger partial charge on any atom is 0.326 e. The Balaban J connectivity index is 1.32. The van der Waals surface area contributed by atoms with E-state index in [0.29, 0.717) is 44.1 Å². The summed E-state index contributed by atoms with van der Waals surface area (Å²) in [5.41, 5.74) is 4.81. The number of carboxylic acid groups (broad SMARTS) is 1. The van der Waals surface area contributed by atoms with E-state index < -0.39 is 17.9 Å². The lowest BCUT2D eigenvalue weighted by Gasteiger charge is -2.18. The van der Waals surface area contributed by atoms with Crippen molar-refractivity contribution < 1.29 is 14.7 Å². The predicted molar refractivity (Wildman–Crippen MR) is 160 cm³/mol. The molecule has 2 aromatic heterocycles. The van der Waals surface area contributed by atoms with Crippen LogP contribution in [0.4, 0.5) is 0 Å². The summed E-state index contributed by atoms with van der Waals surface area (Å²) in [5, 5.41) is 24.1. The first-order valence-electron chi connectivity index (χ1n) is 12.9. The van der Waals surface area contributed by atoms with E-state index in [1.54, 1.807) is 42.6 Å². The fourth-order valence-corrected chi connectivity index (χ4v) is 6.10. The second-order valence-electron chi connectivity index (χ2n) is 10.1. The number of H-pyrrole nitrogens is 1. The van der Waals surface area contributed by atoms with Crippen LogP contribution < -0.4 is 5.32 Å². The molecule has 1 saturated carbocycles. The van der Waals surface area contributed by atoms with Crippen LogP contribution in [0.25, 0.3) is 32.9 Å². The summed E-state index contributed by atoms with van der Waals surface area (Å²) in [7, 11) is 0. The Hall–Kier alpha value is -4.09. The van der Waals surface area contributed by atoms with Crippen molar-refractivity contribution in [2.45, 2.75) is 31.2 Å². The number of rotatable bonds is 7. The van der Waals surface area contributed by atoms with E-state index in [9.17, 15) is 20.0 Å². The van der Waals surface area contributed by atoms with Crippen LogP contribution in [-0.4, -0.2) is 33.0 Å². The molecular formula is C31H21Cl3N4O3. The Morgan fingerprint density at radius 2 is 1.85 bits per heavy atom. The number of hydrogen-bond donors (Lipinski definition) is 3. The number of aliphatic carboxylic acids is 1. The molecule has 6 rings (SSSR count). The fraction of sp³-hybridized carbons (Fsp3) is 0.161. The van der Waals surface area contributed by atoms with Crippen molar-refractivity contribution >= 4 is 68.5 Å². The van der Waals surface area contributed by atoms with Crippen LogP contribution in [0.2, 0.25) is 15.1 Å². The number of carboxylic acids is 1. The molecule has 0 spiro atoms. The third-order valence-corrected chi connectivity index (χ3v) is 8.34. The van der Waals surface area contributed by atoms with Crippen LogP contribution in [0.5, 0.6) is 0 Å². The molecule has 5 aromatic rings. The zero-order valence-corrected chi connectivity index (χ0v) is 23.6. The Bertz CT molecular complexity index is 1920. The zero-order chi connectivity index (χ0) is 28.8. The topological polar surface area (TPSA) is 119 Å². The number of pyridine rings is 1. The molecule has 1 atom stereocenters. The second kappa shape index (κ2) is 10.7. The molecule has 0 radical (unpaired) electrons. The lowest BCUT2D eigenvalue weighted by molar-refractivity contribution is -0.139. The standard InChI is InChI=1S/C31H21Cl3N4O3/c32-22-10-15(14-35)3-7-20(22)21-8-6-17(19-2-1-9-36-29(19)21)12-25(31(40)41)38-30(39)26-23(33)11-18-13-24(16-4-5-16)37-28(18)27(26)34/h1-3,6-11,13,16,25,37H,4-5,12H2,(H,38,39)(H,40,41)/t25-/m0/s1. The molecule has 2 heterocycles. The summed E-state index contributed by atoms with van der Waals surface area (Å²) in [6.45, 7) is 0. The van der Waals surface area contributed by atoms with E-state index in [1.807, 2.05) is 18.2 Å². The molecule has 10 heteroatoms. The van der Waals surface area contributed by atoms with E-state index in [4.69, 9.17) is 34.8 Å². The zero-order valence-electron chi connectivity index (χ0n) is 21.3. The molecule has 1 aliphatic carbocycles. The number of aromatic amines is 1. The van der Waals surface area contributed by atoms with Crippen molar-refractivity contribution in [1.82, 2.24) is 15.3 Å². The lowest BCUT2D eigenvalue weighted by atomic mass is 9.94. The molecule has 1 fully saturated rings. The van der Waals surface area contributed by atoms with Crippen molar-refractivity contribution in [3.63, 3.8) is 0 Å². The van der Waals surface area contributed by atoms with Gasteiger partial charge in [0.15, 0.2) is 0 Å². The fourth-order valence-electron chi connectivity index (χ4n) is 5.13. The van der Waals surface area contributed by atoms with Crippen molar-refractivity contribution in [2.24, 2.45) is 0 Å². The van der Waals surface area contributed by atoms with Gasteiger partial charge in [0.2, 0.25) is 0 Å². The van der Waals surface area contributed by atoms with Gasteiger partial charge in [0, 0.05) is 45.2 Å². The number of nitrogens with zero attached hydrogens (tertiary/aromatic N) is 2. The summed E-state index contributed by atoms with van der Waals surface area (Å²) >= 11 is 19.6. The van der Waals surface area contributed by atoms with E-state index in [1.165, 1.54) is 0 Å². The molecule has 3 N–H and O–H groups in total. The first-order chi connectivity index (χ1) is 19.7. The minimum atomic E-state index is -1.27. The molecule has 204 valence electrons. The normalized spacial score (nSPS) is 13.7. The predicted octanol–water partition coefficient (Wildman–Crippen LogP) is 7.52. The average Bonchev–Trinajstić information content (AvgIpc) is 3.72. The minimum absolute atomic E-state index is 0.0174. The number of benzene rings is 3. The van der Waals surface area contributed by atoms with Gasteiger partial charge in [0.25, 0.3) is 5.91 Å². The monoisotopic (exact) mass is 602 g/mol. The summed E-state index contributed by atoms with van der Waals surface area (Å²) in [6, 6.07) is 16.7. The molecule has 1 aliphatic rings. The summed E-state index contributed by atoms with van der Waals surface area (Å²) < 4.78 is 0. The first kappa shape index (κ1) is 27.1. The smallest absolute Gasteiger partial charge is 0.326 e. The highest BCUT2D eigenvalue weighted by atomic mass is 35.5. The molecule has 0 bridgehead atoms. The quantitative estimate of drug-likeness (QED) is 0.178. The number of amides is 1. The van der Waals surface area contributed by atoms with E-state index >= 15 is 0 Å². The van der Waals surface area contributed by atoms with Crippen molar-refractivity contribution in [3.8, 4) is 17.2 Å². The van der Waals surface area contributed by atoms with Gasteiger partial charge in [-0.2, -0.15) is 5.26 Å². The summed E-state index contributed by atoms with van der Waals surface area (Å²) in [5.74, 6) is -1.44. The molecular weight excluding hydrogens is 583 g/mol. The Kier molecular flexibility index (Phi) is 7.08. The van der Waals surface area contributed by atoms with Crippen LogP contribution in [0.3, 0.4) is 0 Å². The molecule has 7 nitrogen and oxygen atoms in total. The van der Waals surface area contributed by atoms with Crippen LogP contribution in [0.1, 0.15) is 45.9 Å². The van der Waals surface area contributed by atoms with Gasteiger partial charge in [-0.3, -0.25) is 9.78 Å². The average molecular weight is 604 g/mol. The molecule has 0 aliphatic heterocycles. The number of carbonyl (C=O) groups excluding carboxylic acids is 1. The number of halogens is 3. The number of nitriles is 1. The molecule has 3 aromatic carbocycles. The largest absolute Gasteiger partial charge is 0.480 e. The highest BCUT2D eigenvalue weighted by Crippen LogP contribution is 2.43. The second-order valence-corrected chi connectivity index (χ2v) is 11.2. The summed E-state index contributed by atoms with van der Waals surface area (Å²) in [6.07, 6.45) is 3.81. The van der Waals surface area contributed by atoms with E-state index in [2.05, 4.69) is 21.4 Å². The van der Waals surface area contributed by atoms with Gasteiger partial charge < -0.3 is 15.4 Å². The van der Waals surface area contributed by atoms with Crippen LogP contribution in [0.15, 0.2) is 60.8 Å². The Morgan fingerprint density at radius 1 is 1.07 bits per heavy atom. The van der Waals surface area contributed by atoms with Gasteiger partial charge in [0.1, 0.15) is 6.04 Å². The Labute approximate surface area is 249 Å². The third-order valence-electron chi connectivity index (χ3n) is 7.35. The number of fused-ring (bicyclic) bond motifs is 2. The number of aromatic nitrogens is 2. The maximum atomic E-state index is 13.4. The molecule has 0 saturated heterocycles. The third kappa shape index (κ3) is 5.11. The van der Waals surface area contributed by atoms with Gasteiger partial charge in [-0.1, -0.05) is 59.1 Å². The van der Waals surface area contributed by atoms with Crippen molar-refractivity contribution in [3.05, 3.63) is 98.2 Å². The minimum Gasteiger partial charge on any atom is -0.480 e. The summed E-state index contributed by atoms with van der Waals surface area (Å²) in [4.78, 5) is 33.5. The van der Waals surface area contributed by atoms with Crippen molar-refractivity contribution in [2.75, 3.05) is 0 Å². The SMILES string of the molecule is N#Cc1ccc(-c2ccc(C[C@H](NC(=O)c3c(Cl)cc4cc(C5CC5)[nH]c4c3Cl)C(=O)O)c3cccnc23)c(Cl)c1. The van der Waals surface area contributed by atoms with Crippen LogP contribution in [0, 0.1) is 11.3 Å². The van der Waals surface area contributed by atoms with Crippen LogP contribution in [-0.2, 0) is 11.2 Å². The molecule has 41 heavy (non-hydrogen) atoms. The maximum absolute atomic E-state index is 13.4. The highest BCUT2D eigenvalue weighted by Gasteiger charge is 2.29. The van der Waals surface area contributed by atoms with Gasteiger partial charge in [-0.15, -0.1) is 0 Å². The molecule has 0 unspecified atom stereocenters. The first-order valence-corrected chi connectivity index (χ1v) is 14.0. The molecule has 1 amide bonds. The van der Waals surface area contributed by atoms with Gasteiger partial charge in [-0.25, -0.2) is 4.79 Å². The van der Waals surface area contributed by atoms with Gasteiger partial charge in [0.05, 0.1) is 38.3 Å². The van der Waals surface area contributed by atoms with Crippen LogP contribution >= 0.6 is 34.8 Å². The van der Waals surface area contributed by atoms with E-state index in [0.717, 1.165) is 29.5 Å². The number of hydrogen-bond acceptors (Lipinski definition) is 4. The number of carbonyl (C=O) groups is 2. The van der Waals surface area contributed by atoms with E-state index in [-0.39, 0.29) is 22.0 Å².